The number of alkyl halides is 1. The van der Waals surface area contributed by atoms with E-state index in [0.29, 0.717) is 11.9 Å². The summed E-state index contributed by atoms with van der Waals surface area (Å²) < 4.78 is 53.1. The highest BCUT2D eigenvalue weighted by molar-refractivity contribution is 6.03. The number of phenols is 1. The first-order chi connectivity index (χ1) is 25.9. The fraction of sp³-hybridized carbons (Fsp3) is 0.350. The summed E-state index contributed by atoms with van der Waals surface area (Å²) in [6, 6.07) is 5.12. The maximum absolute atomic E-state index is 17.0. The lowest BCUT2D eigenvalue weighted by molar-refractivity contribution is -0.129. The quantitative estimate of drug-likeness (QED) is 0.117. The van der Waals surface area contributed by atoms with Crippen molar-refractivity contribution < 1.29 is 27.8 Å². The number of carbonyl (C=O) groups is 1. The van der Waals surface area contributed by atoms with Gasteiger partial charge in [-0.05, 0) is 49.4 Å². The Morgan fingerprint density at radius 3 is 2.69 bits per heavy atom. The summed E-state index contributed by atoms with van der Waals surface area (Å²) in [6.07, 6.45) is 15.5. The van der Waals surface area contributed by atoms with Gasteiger partial charge in [0.15, 0.2) is 5.82 Å². The summed E-state index contributed by atoms with van der Waals surface area (Å²) >= 11 is 0. The highest BCUT2D eigenvalue weighted by atomic mass is 19.1. The number of nitrogens with one attached hydrogen (secondary N) is 1. The molecule has 7 rings (SSSR count). The van der Waals surface area contributed by atoms with Gasteiger partial charge in [-0.1, -0.05) is 31.4 Å². The average Bonchev–Trinajstić information content (AvgIpc) is 3.76. The minimum absolute atomic E-state index is 0.0336. The first kappa shape index (κ1) is 36.5. The Labute approximate surface area is 310 Å². The molecule has 14 heteroatoms. The van der Waals surface area contributed by atoms with Crippen LogP contribution in [-0.4, -0.2) is 89.7 Å². The van der Waals surface area contributed by atoms with Gasteiger partial charge in [-0.2, -0.15) is 9.97 Å². The molecule has 2 N–H and O–H groups in total. The number of pyridine rings is 1. The number of aromatic nitrogens is 5. The molecule has 11 nitrogen and oxygen atoms in total. The standard InChI is InChI=1S/C40H39F3N8O3/c1-5-28-31(42)10-9-25-13-27(52)14-29(33(25)28)35-34(43)36-30(18-46-35)37(47-21-40(11-7-8-12-40)50(4)32(53)6-2)49-38(48-36)54-22-39(3)15-26(41)20-51(39)19-24-16-44-23-45-17-24/h1,6,9-10,13-14,16-18,23,26,52H,2,7-8,11-12,15,19-22H2,3-4H3,(H,47,48,49)/t26-,39+/m1/s1. The minimum atomic E-state index is -1.11. The van der Waals surface area contributed by atoms with E-state index in [4.69, 9.17) is 11.2 Å². The number of phenolic OH excluding ortho intramolecular Hbond substituents is 1. The molecular weight excluding hydrogens is 697 g/mol. The van der Waals surface area contributed by atoms with Crippen LogP contribution in [0.15, 0.2) is 61.8 Å². The van der Waals surface area contributed by atoms with Crippen LogP contribution in [0.1, 0.15) is 50.2 Å². The van der Waals surface area contributed by atoms with E-state index in [-0.39, 0.29) is 82.7 Å². The molecule has 2 atom stereocenters. The Kier molecular flexibility index (Phi) is 9.85. The van der Waals surface area contributed by atoms with Gasteiger partial charge in [-0.3, -0.25) is 14.7 Å². The van der Waals surface area contributed by atoms with Gasteiger partial charge in [0.25, 0.3) is 0 Å². The van der Waals surface area contributed by atoms with Gasteiger partial charge in [0.2, 0.25) is 5.91 Å². The number of likely N-dealkylation sites (tertiary alicyclic amines) is 1. The highest BCUT2D eigenvalue weighted by Gasteiger charge is 2.43. The lowest BCUT2D eigenvalue weighted by atomic mass is 9.95. The van der Waals surface area contributed by atoms with Crippen LogP contribution in [0.5, 0.6) is 11.8 Å². The van der Waals surface area contributed by atoms with Gasteiger partial charge in [0.1, 0.15) is 47.7 Å². The first-order valence-corrected chi connectivity index (χ1v) is 17.6. The zero-order valence-corrected chi connectivity index (χ0v) is 30.0. The van der Waals surface area contributed by atoms with E-state index in [1.807, 2.05) is 11.8 Å². The number of amides is 1. The number of hydrogen-bond donors (Lipinski definition) is 2. The van der Waals surface area contributed by atoms with Crippen LogP contribution in [-0.2, 0) is 11.3 Å². The molecule has 1 aliphatic carbocycles. The van der Waals surface area contributed by atoms with Crippen LogP contribution in [0.4, 0.5) is 19.0 Å². The van der Waals surface area contributed by atoms with Crippen LogP contribution >= 0.6 is 0 Å². The van der Waals surface area contributed by atoms with Crippen LogP contribution < -0.4 is 10.1 Å². The van der Waals surface area contributed by atoms with Crippen molar-refractivity contribution >= 4 is 33.4 Å². The maximum atomic E-state index is 17.0. The van der Waals surface area contributed by atoms with Crippen molar-refractivity contribution in [1.29, 1.82) is 0 Å². The molecule has 1 aliphatic heterocycles. The van der Waals surface area contributed by atoms with Gasteiger partial charge < -0.3 is 20.1 Å². The summed E-state index contributed by atoms with van der Waals surface area (Å²) in [5.74, 6) is 0.541. The number of benzene rings is 2. The molecule has 4 heterocycles. The molecule has 0 bridgehead atoms. The Balaban J connectivity index is 1.31. The largest absolute Gasteiger partial charge is 0.508 e. The summed E-state index contributed by atoms with van der Waals surface area (Å²) in [6.45, 7) is 6.32. The van der Waals surface area contributed by atoms with Crippen LogP contribution in [0.3, 0.4) is 0 Å². The van der Waals surface area contributed by atoms with Gasteiger partial charge in [-0.15, -0.1) is 6.42 Å². The van der Waals surface area contributed by atoms with Gasteiger partial charge in [-0.25, -0.2) is 23.1 Å². The summed E-state index contributed by atoms with van der Waals surface area (Å²) in [4.78, 5) is 38.2. The molecule has 2 aliphatic rings. The SMILES string of the molecule is C#Cc1c(F)ccc2cc(O)cc(-c3ncc4c(NCC5(N(C)C(=O)C=C)CCCC5)nc(OC[C@]5(C)C[C@@H](F)CN5Cc5cncnc5)nc4c3F)c12. The summed E-state index contributed by atoms with van der Waals surface area (Å²) in [5.41, 5.74) is -1.00. The molecule has 5 aromatic rings. The van der Waals surface area contributed by atoms with E-state index >= 15 is 4.39 Å². The van der Waals surface area contributed by atoms with Crippen molar-refractivity contribution in [3.05, 3.63) is 84.6 Å². The smallest absolute Gasteiger partial charge is 0.319 e. The fourth-order valence-corrected chi connectivity index (χ4v) is 7.85. The minimum Gasteiger partial charge on any atom is -0.508 e. The zero-order valence-electron chi connectivity index (χ0n) is 30.0. The van der Waals surface area contributed by atoms with Crippen molar-refractivity contribution in [3.63, 3.8) is 0 Å². The number of rotatable bonds is 11. The Hall–Kier alpha value is -5.81. The molecule has 54 heavy (non-hydrogen) atoms. The van der Waals surface area contributed by atoms with E-state index in [1.54, 1.807) is 24.3 Å². The molecule has 1 saturated heterocycles. The van der Waals surface area contributed by atoms with E-state index in [0.717, 1.165) is 31.2 Å². The Bertz CT molecular complexity index is 2300. The summed E-state index contributed by atoms with van der Waals surface area (Å²) in [7, 11) is 1.73. The van der Waals surface area contributed by atoms with E-state index < -0.39 is 28.9 Å². The number of aromatic hydroxyl groups is 1. The van der Waals surface area contributed by atoms with Crippen molar-refractivity contribution in [2.24, 2.45) is 0 Å². The lowest BCUT2D eigenvalue weighted by Gasteiger charge is -2.38. The Morgan fingerprint density at radius 1 is 1.20 bits per heavy atom. The highest BCUT2D eigenvalue weighted by Crippen LogP contribution is 2.40. The van der Waals surface area contributed by atoms with Gasteiger partial charge in [0, 0.05) is 68.2 Å². The van der Waals surface area contributed by atoms with Crippen LogP contribution in [0.2, 0.25) is 0 Å². The molecule has 278 valence electrons. The predicted octanol–water partition coefficient (Wildman–Crippen LogP) is 6.35. The molecule has 2 aromatic carbocycles. The van der Waals surface area contributed by atoms with Crippen molar-refractivity contribution in [3.8, 4) is 35.4 Å². The van der Waals surface area contributed by atoms with E-state index in [2.05, 4.69) is 42.7 Å². The number of carbonyl (C=O) groups excluding carboxylic acids is 1. The number of terminal acetylenes is 1. The van der Waals surface area contributed by atoms with E-state index in [9.17, 15) is 18.7 Å². The topological polar surface area (TPSA) is 129 Å². The Morgan fingerprint density at radius 2 is 1.96 bits per heavy atom. The number of ether oxygens (including phenoxy) is 1. The first-order valence-electron chi connectivity index (χ1n) is 17.6. The second-order valence-electron chi connectivity index (χ2n) is 14.3. The third-order valence-corrected chi connectivity index (χ3v) is 10.8. The van der Waals surface area contributed by atoms with Crippen LogP contribution in [0.25, 0.3) is 32.9 Å². The average molecular weight is 737 g/mol. The van der Waals surface area contributed by atoms with Crippen molar-refractivity contribution in [1.82, 2.24) is 34.7 Å². The summed E-state index contributed by atoms with van der Waals surface area (Å²) in [5, 5.41) is 14.7. The maximum Gasteiger partial charge on any atom is 0.319 e. The molecule has 0 spiro atoms. The second kappa shape index (κ2) is 14.5. The monoisotopic (exact) mass is 736 g/mol. The third-order valence-electron chi connectivity index (χ3n) is 10.8. The fourth-order valence-electron chi connectivity index (χ4n) is 7.85. The van der Waals surface area contributed by atoms with Crippen LogP contribution in [0, 0.1) is 24.0 Å². The number of hydrogen-bond acceptors (Lipinski definition) is 10. The number of fused-ring (bicyclic) bond motifs is 2. The molecule has 1 saturated carbocycles. The number of nitrogens with zero attached hydrogens (tertiary/aromatic N) is 7. The lowest BCUT2D eigenvalue weighted by Crippen LogP contribution is -2.51. The number of halogens is 3. The second-order valence-corrected chi connectivity index (χ2v) is 14.3. The van der Waals surface area contributed by atoms with Crippen molar-refractivity contribution in [2.45, 2.75) is 62.8 Å². The molecule has 0 radical (unpaired) electrons. The number of anilines is 1. The molecule has 0 unspecified atom stereocenters. The third kappa shape index (κ3) is 6.75. The molecule has 1 amide bonds. The predicted molar refractivity (Wildman–Crippen MR) is 198 cm³/mol. The van der Waals surface area contributed by atoms with Gasteiger partial charge >= 0.3 is 6.01 Å². The zero-order chi connectivity index (χ0) is 38.2. The molecular formula is C40H39F3N8O3. The number of likely N-dealkylation sites (N-methyl/N-ethyl adjacent to an activating group) is 1. The van der Waals surface area contributed by atoms with Crippen molar-refractivity contribution in [2.75, 3.05) is 32.1 Å². The van der Waals surface area contributed by atoms with Gasteiger partial charge in [0.05, 0.1) is 22.0 Å². The van der Waals surface area contributed by atoms with E-state index in [1.165, 1.54) is 42.9 Å². The molecule has 3 aromatic heterocycles. The molecule has 2 fully saturated rings. The normalized spacial score (nSPS) is 19.5.